The average Bonchev–Trinajstić information content (AvgIpc) is 2.15. The molecular weight excluding hydrogens is 286 g/mol. The number of carbonyl (C=O) groups is 1. The third-order valence-electron chi connectivity index (χ3n) is 1.29. The molecule has 1 fully saturated rings. The molecule has 0 spiro atoms. The van der Waals surface area contributed by atoms with Crippen LogP contribution in [0, 0.1) is 14.9 Å². The van der Waals surface area contributed by atoms with E-state index >= 15 is 0 Å². The number of likely N-dealkylation sites (tertiary alicyclic amines) is 1. The third kappa shape index (κ3) is 4.54. The zero-order valence-electron chi connectivity index (χ0n) is 7.16. The second kappa shape index (κ2) is 7.00. The smallest absolute Gasteiger partial charge is 0.358 e. The van der Waals surface area contributed by atoms with E-state index in [4.69, 9.17) is 19.4 Å². The number of hydrogen-bond donors (Lipinski definition) is 0. The number of nitrogens with zero attached hydrogens (tertiary/aromatic N) is 1. The zero-order valence-corrected chi connectivity index (χ0v) is 10.4. The fourth-order valence-corrected chi connectivity index (χ4v) is 2.72. The summed E-state index contributed by atoms with van der Waals surface area (Å²) in [4.78, 5) is 12.5. The van der Waals surface area contributed by atoms with Crippen LogP contribution < -0.4 is 0 Å². The van der Waals surface area contributed by atoms with Crippen LogP contribution >= 0.6 is 19.4 Å². The molecular formula is C7H13Cl2NORu-2. The Morgan fingerprint density at radius 3 is 2.33 bits per heavy atom. The molecule has 1 amide bonds. The second-order valence-electron chi connectivity index (χ2n) is 1.99. The first-order chi connectivity index (χ1) is 4.70. The molecule has 0 aromatic heterocycles. The summed E-state index contributed by atoms with van der Waals surface area (Å²) in [5.74, 6) is 0.153. The van der Waals surface area contributed by atoms with Gasteiger partial charge in [0.25, 0.3) is 0 Å². The van der Waals surface area contributed by atoms with Gasteiger partial charge in [-0.15, -0.1) is 0 Å². The van der Waals surface area contributed by atoms with Gasteiger partial charge in [0, 0.05) is 0 Å². The largest absolute Gasteiger partial charge is 0.358 e. The number of rotatable bonds is 1. The van der Waals surface area contributed by atoms with Crippen molar-refractivity contribution in [1.82, 2.24) is 4.90 Å². The summed E-state index contributed by atoms with van der Waals surface area (Å²) < 4.78 is 1.68. The molecule has 0 saturated carbocycles. The topological polar surface area (TPSA) is 20.3 Å². The van der Waals surface area contributed by atoms with Crippen molar-refractivity contribution in [2.45, 2.75) is 12.8 Å². The molecule has 0 atom stereocenters. The van der Waals surface area contributed by atoms with Gasteiger partial charge in [-0.3, -0.25) is 0 Å². The Kier molecular flexibility index (Phi) is 8.77. The first kappa shape index (κ1) is 15.0. The van der Waals surface area contributed by atoms with E-state index in [1.165, 1.54) is 0 Å². The first-order valence-corrected chi connectivity index (χ1v) is 8.31. The molecule has 0 unspecified atom stereocenters. The van der Waals surface area contributed by atoms with Gasteiger partial charge >= 0.3 is 72.6 Å². The maximum Gasteiger partial charge on any atom is -0.358 e. The van der Waals surface area contributed by atoms with Crippen LogP contribution in [0.5, 0.6) is 0 Å². The van der Waals surface area contributed by atoms with Crippen molar-refractivity contribution in [2.75, 3.05) is 6.54 Å². The van der Waals surface area contributed by atoms with E-state index in [0.29, 0.717) is 6.42 Å². The van der Waals surface area contributed by atoms with Gasteiger partial charge in [-0.2, -0.15) is 0 Å². The molecule has 0 aromatic carbocycles. The minimum atomic E-state index is -1.78. The van der Waals surface area contributed by atoms with E-state index < -0.39 is 13.5 Å². The maximum atomic E-state index is 10.9. The first-order valence-electron chi connectivity index (χ1n) is 2.83. The van der Waals surface area contributed by atoms with Crippen LogP contribution in [0.2, 0.25) is 0 Å². The summed E-state index contributed by atoms with van der Waals surface area (Å²) in [6.45, 7) is 0.795. The van der Waals surface area contributed by atoms with Gasteiger partial charge < -0.3 is 14.9 Å². The van der Waals surface area contributed by atoms with Crippen LogP contribution in [0.25, 0.3) is 0 Å². The summed E-state index contributed by atoms with van der Waals surface area (Å²) in [7, 11) is 11.2. The van der Waals surface area contributed by atoms with Crippen molar-refractivity contribution in [1.29, 1.82) is 0 Å². The molecule has 0 bridgehead atoms. The summed E-state index contributed by atoms with van der Waals surface area (Å²) in [5, 5.41) is 0. The van der Waals surface area contributed by atoms with Gasteiger partial charge in [-0.25, -0.2) is 0 Å². The molecule has 76 valence electrons. The average molecular weight is 299 g/mol. The Labute approximate surface area is 87.3 Å². The predicted molar refractivity (Wildman–Crippen MR) is 51.5 cm³/mol. The van der Waals surface area contributed by atoms with Crippen LogP contribution in [-0.4, -0.2) is 22.1 Å². The SMILES string of the molecule is O=C1CCCN1[CH]=[Ru]([Cl])[Cl].[CH3-].[CH3-]. The van der Waals surface area contributed by atoms with E-state index in [2.05, 4.69) is 0 Å². The molecule has 1 heterocycles. The Balaban J connectivity index is 0. The molecule has 5 heteroatoms. The molecule has 0 N–H and O–H groups in total. The fourth-order valence-electron chi connectivity index (χ4n) is 0.849. The van der Waals surface area contributed by atoms with Crippen molar-refractivity contribution in [3.63, 3.8) is 0 Å². The molecule has 0 aromatic rings. The predicted octanol–water partition coefficient (Wildman–Crippen LogP) is 2.19. The summed E-state index contributed by atoms with van der Waals surface area (Å²) in [6, 6.07) is 0. The molecule has 1 rings (SSSR count). The molecule has 0 radical (unpaired) electrons. The zero-order chi connectivity index (χ0) is 7.56. The number of hydrogen-bond acceptors (Lipinski definition) is 1. The molecule has 0 aliphatic carbocycles. The van der Waals surface area contributed by atoms with Crippen molar-refractivity contribution in [3.8, 4) is 0 Å². The number of amides is 1. The van der Waals surface area contributed by atoms with E-state index in [0.717, 1.165) is 13.0 Å². The van der Waals surface area contributed by atoms with Crippen molar-refractivity contribution >= 4 is 30.0 Å². The normalized spacial score (nSPS) is 16.3. The second-order valence-corrected chi connectivity index (χ2v) is 7.66. The molecule has 1 aliphatic heterocycles. The fraction of sp³-hybridized carbons (Fsp3) is 0.429. The van der Waals surface area contributed by atoms with Crippen LogP contribution in [-0.2, 0) is 18.3 Å². The Morgan fingerprint density at radius 2 is 2.00 bits per heavy atom. The monoisotopic (exact) mass is 299 g/mol. The van der Waals surface area contributed by atoms with Gasteiger partial charge in [-0.05, 0) is 0 Å². The maximum absolute atomic E-state index is 10.9. The summed E-state index contributed by atoms with van der Waals surface area (Å²) in [5.41, 5.74) is 0. The van der Waals surface area contributed by atoms with Crippen LogP contribution in [0.1, 0.15) is 12.8 Å². The Bertz CT molecular complexity index is 180. The van der Waals surface area contributed by atoms with Crippen molar-refractivity contribution < 1.29 is 18.3 Å². The molecule has 12 heavy (non-hydrogen) atoms. The van der Waals surface area contributed by atoms with Gasteiger partial charge in [0.1, 0.15) is 0 Å². The van der Waals surface area contributed by atoms with Crippen LogP contribution in [0.15, 0.2) is 0 Å². The quantitative estimate of drug-likeness (QED) is 0.537. The molecule has 1 saturated heterocycles. The number of halogens is 2. The van der Waals surface area contributed by atoms with E-state index in [-0.39, 0.29) is 20.8 Å². The van der Waals surface area contributed by atoms with Gasteiger partial charge in [-0.1, -0.05) is 0 Å². The summed E-state index contributed by atoms with van der Waals surface area (Å²) >= 11 is -1.78. The van der Waals surface area contributed by atoms with Gasteiger partial charge in [0.2, 0.25) is 0 Å². The van der Waals surface area contributed by atoms with Crippen LogP contribution in [0.3, 0.4) is 0 Å². The Morgan fingerprint density at radius 1 is 1.42 bits per heavy atom. The third-order valence-corrected chi connectivity index (χ3v) is 2.99. The molecule has 1 aliphatic rings. The standard InChI is InChI=1S/C5H7NO.2CH3.2ClH.Ru/c1-6-4-2-3-5(6)7;;;;;/h1H,2-4H2;2*1H3;2*1H;/q;2*-1;;;+2/p-2. The van der Waals surface area contributed by atoms with E-state index in [1.807, 2.05) is 0 Å². The van der Waals surface area contributed by atoms with Crippen molar-refractivity contribution in [2.24, 2.45) is 0 Å². The van der Waals surface area contributed by atoms with E-state index in [9.17, 15) is 4.79 Å². The minimum absolute atomic E-state index is 0. The van der Waals surface area contributed by atoms with Crippen molar-refractivity contribution in [3.05, 3.63) is 14.9 Å². The molecule has 2 nitrogen and oxygen atoms in total. The number of carbonyl (C=O) groups excluding carboxylic acids is 1. The van der Waals surface area contributed by atoms with Gasteiger partial charge in [0.05, 0.1) is 0 Å². The van der Waals surface area contributed by atoms with Gasteiger partial charge in [0.15, 0.2) is 0 Å². The Hall–Kier alpha value is 0.543. The van der Waals surface area contributed by atoms with Crippen LogP contribution in [0.4, 0.5) is 0 Å². The minimum Gasteiger partial charge on any atom is -0.358 e. The summed E-state index contributed by atoms with van der Waals surface area (Å²) in [6.07, 6.45) is 1.58. The van der Waals surface area contributed by atoms with E-state index in [1.54, 1.807) is 9.63 Å².